The first-order chi connectivity index (χ1) is 12.3. The van der Waals surface area contributed by atoms with E-state index in [1.165, 1.54) is 26.3 Å². The molecular formula is C18H23N3O4S. The average Bonchev–Trinajstić information content (AvgIpc) is 2.66. The summed E-state index contributed by atoms with van der Waals surface area (Å²) in [5, 5.41) is 2.75. The van der Waals surface area contributed by atoms with Gasteiger partial charge in [0, 0.05) is 26.3 Å². The van der Waals surface area contributed by atoms with Gasteiger partial charge in [-0.2, -0.15) is 0 Å². The van der Waals surface area contributed by atoms with Gasteiger partial charge in [0.05, 0.1) is 12.0 Å². The number of carbonyl (C=O) groups is 1. The van der Waals surface area contributed by atoms with Crippen LogP contribution < -0.4 is 5.32 Å². The summed E-state index contributed by atoms with van der Waals surface area (Å²) in [6.07, 6.45) is 0.755. The van der Waals surface area contributed by atoms with Gasteiger partial charge in [-0.25, -0.2) is 13.2 Å². The molecule has 2 amide bonds. The number of urea groups is 1. The lowest BCUT2D eigenvalue weighted by Crippen LogP contribution is -2.33. The Morgan fingerprint density at radius 3 is 2.23 bits per heavy atom. The Hall–Kier alpha value is -2.42. The van der Waals surface area contributed by atoms with Crippen LogP contribution in [0.3, 0.4) is 0 Å². The molecule has 0 aliphatic rings. The number of benzene rings is 2. The molecule has 2 rings (SSSR count). The number of hydroxylamine groups is 1. The van der Waals surface area contributed by atoms with Crippen molar-refractivity contribution in [2.75, 3.05) is 33.1 Å². The predicted octanol–water partition coefficient (Wildman–Crippen LogP) is 2.57. The van der Waals surface area contributed by atoms with Crippen molar-refractivity contribution in [3.63, 3.8) is 0 Å². The second-order valence-electron chi connectivity index (χ2n) is 5.71. The number of hydrogen-bond acceptors (Lipinski definition) is 4. The largest absolute Gasteiger partial charge is 0.327 e. The summed E-state index contributed by atoms with van der Waals surface area (Å²) in [5.41, 5.74) is 1.67. The number of nitrogens with one attached hydrogen (secondary N) is 1. The summed E-state index contributed by atoms with van der Waals surface area (Å²) < 4.78 is 25.0. The van der Waals surface area contributed by atoms with Crippen LogP contribution >= 0.6 is 0 Å². The van der Waals surface area contributed by atoms with Crippen molar-refractivity contribution in [2.24, 2.45) is 0 Å². The Kier molecular flexibility index (Phi) is 6.73. The molecule has 0 saturated carbocycles. The van der Waals surface area contributed by atoms with E-state index < -0.39 is 10.0 Å². The lowest BCUT2D eigenvalue weighted by molar-refractivity contribution is -0.0258. The normalized spacial score (nSPS) is 11.4. The second kappa shape index (κ2) is 8.79. The smallest absolute Gasteiger partial charge is 0.321 e. The number of anilines is 1. The van der Waals surface area contributed by atoms with Crippen LogP contribution in [0, 0.1) is 0 Å². The maximum Gasteiger partial charge on any atom is 0.321 e. The van der Waals surface area contributed by atoms with Crippen molar-refractivity contribution in [3.8, 4) is 0 Å². The van der Waals surface area contributed by atoms with Crippen molar-refractivity contribution in [2.45, 2.75) is 11.3 Å². The van der Waals surface area contributed by atoms with Crippen LogP contribution in [0.15, 0.2) is 59.5 Å². The molecule has 7 nitrogen and oxygen atoms in total. The first kappa shape index (κ1) is 19.9. The van der Waals surface area contributed by atoms with E-state index in [-0.39, 0.29) is 10.9 Å². The molecule has 0 aliphatic carbocycles. The summed E-state index contributed by atoms with van der Waals surface area (Å²) in [6.45, 7) is 0.570. The third kappa shape index (κ3) is 5.04. The van der Waals surface area contributed by atoms with E-state index in [2.05, 4.69) is 5.32 Å². The van der Waals surface area contributed by atoms with E-state index in [0.717, 1.165) is 16.5 Å². The van der Waals surface area contributed by atoms with Crippen molar-refractivity contribution < 1.29 is 18.0 Å². The highest BCUT2D eigenvalue weighted by Gasteiger charge is 2.20. The molecule has 0 fully saturated rings. The van der Waals surface area contributed by atoms with Crippen molar-refractivity contribution in [3.05, 3.63) is 60.2 Å². The van der Waals surface area contributed by atoms with Crippen LogP contribution in [0.4, 0.5) is 10.5 Å². The minimum atomic E-state index is -3.70. The molecule has 1 N–H and O–H groups in total. The molecule has 0 spiro atoms. The Labute approximate surface area is 154 Å². The molecule has 0 radical (unpaired) electrons. The van der Waals surface area contributed by atoms with Gasteiger partial charge in [0.2, 0.25) is 0 Å². The number of sulfonamides is 1. The van der Waals surface area contributed by atoms with Gasteiger partial charge in [0.15, 0.2) is 0 Å². The van der Waals surface area contributed by atoms with Gasteiger partial charge in [-0.05, 0) is 36.2 Å². The van der Waals surface area contributed by atoms with Crippen LogP contribution in [0.2, 0.25) is 0 Å². The van der Waals surface area contributed by atoms with Crippen LogP contribution in [0.5, 0.6) is 0 Å². The number of hydrogen-bond donors (Lipinski definition) is 1. The number of rotatable bonds is 7. The summed E-state index contributed by atoms with van der Waals surface area (Å²) in [6, 6.07) is 15.6. The van der Waals surface area contributed by atoms with Gasteiger partial charge >= 0.3 is 6.03 Å². The summed E-state index contributed by atoms with van der Waals surface area (Å²) in [7, 11) is 0.599. The van der Waals surface area contributed by atoms with Gasteiger partial charge in [-0.15, -0.1) is 0 Å². The Morgan fingerprint density at radius 1 is 1.04 bits per heavy atom. The molecular weight excluding hydrogens is 354 g/mol. The van der Waals surface area contributed by atoms with E-state index in [9.17, 15) is 13.2 Å². The van der Waals surface area contributed by atoms with Gasteiger partial charge in [0.25, 0.3) is 10.0 Å². The highest BCUT2D eigenvalue weighted by molar-refractivity contribution is 7.89. The Bertz CT molecular complexity index is 823. The quantitative estimate of drug-likeness (QED) is 0.752. The monoisotopic (exact) mass is 377 g/mol. The SMILES string of the molecule is CON(C)S(=O)(=O)c1ccc(NC(=O)N(C)CCc2ccccc2)cc1. The molecule has 26 heavy (non-hydrogen) atoms. The molecule has 8 heteroatoms. The zero-order valence-electron chi connectivity index (χ0n) is 15.0. The highest BCUT2D eigenvalue weighted by Crippen LogP contribution is 2.17. The third-order valence-electron chi connectivity index (χ3n) is 3.92. The molecule has 0 atom stereocenters. The van der Waals surface area contributed by atoms with E-state index in [0.29, 0.717) is 12.2 Å². The van der Waals surface area contributed by atoms with Gasteiger partial charge < -0.3 is 10.2 Å². The van der Waals surface area contributed by atoms with E-state index in [4.69, 9.17) is 4.84 Å². The number of carbonyl (C=O) groups excluding carboxylic acids is 1. The topological polar surface area (TPSA) is 79.0 Å². The van der Waals surface area contributed by atoms with Crippen LogP contribution in [0.25, 0.3) is 0 Å². The zero-order chi connectivity index (χ0) is 19.2. The predicted molar refractivity (Wildman–Crippen MR) is 100 cm³/mol. The van der Waals surface area contributed by atoms with Crippen LogP contribution in [0.1, 0.15) is 5.56 Å². The number of likely N-dealkylation sites (N-methyl/N-ethyl adjacent to an activating group) is 1. The summed E-state index contributed by atoms with van der Waals surface area (Å²) in [5.74, 6) is 0. The van der Waals surface area contributed by atoms with Crippen LogP contribution in [-0.4, -0.2) is 51.6 Å². The fourth-order valence-electron chi connectivity index (χ4n) is 2.22. The summed E-state index contributed by atoms with van der Waals surface area (Å²) in [4.78, 5) is 18.6. The van der Waals surface area contributed by atoms with E-state index in [1.54, 1.807) is 24.1 Å². The van der Waals surface area contributed by atoms with E-state index in [1.807, 2.05) is 30.3 Å². The lowest BCUT2D eigenvalue weighted by atomic mass is 10.1. The molecule has 0 heterocycles. The van der Waals surface area contributed by atoms with E-state index >= 15 is 0 Å². The molecule has 0 saturated heterocycles. The third-order valence-corrected chi connectivity index (χ3v) is 5.62. The minimum Gasteiger partial charge on any atom is -0.327 e. The fourth-order valence-corrected chi connectivity index (χ4v) is 3.19. The number of nitrogens with zero attached hydrogens (tertiary/aromatic N) is 2. The number of amides is 2. The molecule has 0 aliphatic heterocycles. The average molecular weight is 377 g/mol. The van der Waals surface area contributed by atoms with Crippen molar-refractivity contribution in [1.82, 2.24) is 9.37 Å². The minimum absolute atomic E-state index is 0.0808. The maximum atomic E-state index is 12.2. The standard InChI is InChI=1S/C18H23N3O4S/c1-20(14-13-15-7-5-4-6-8-15)18(22)19-16-9-11-17(12-10-16)26(23,24)21(2)25-3/h4-12H,13-14H2,1-3H3,(H,19,22). The molecule has 140 valence electrons. The Balaban J connectivity index is 1.94. The van der Waals surface area contributed by atoms with Gasteiger partial charge in [-0.3, -0.25) is 4.84 Å². The second-order valence-corrected chi connectivity index (χ2v) is 7.64. The maximum absolute atomic E-state index is 12.2. The first-order valence-corrected chi connectivity index (χ1v) is 9.47. The van der Waals surface area contributed by atoms with Crippen molar-refractivity contribution >= 4 is 21.7 Å². The van der Waals surface area contributed by atoms with Gasteiger partial charge in [-0.1, -0.05) is 34.8 Å². The van der Waals surface area contributed by atoms with Crippen molar-refractivity contribution in [1.29, 1.82) is 0 Å². The molecule has 0 aromatic heterocycles. The molecule has 2 aromatic carbocycles. The lowest BCUT2D eigenvalue weighted by Gasteiger charge is -2.18. The zero-order valence-corrected chi connectivity index (χ0v) is 15.9. The van der Waals surface area contributed by atoms with Gasteiger partial charge in [0.1, 0.15) is 0 Å². The molecule has 0 bridgehead atoms. The highest BCUT2D eigenvalue weighted by atomic mass is 32.2. The molecule has 2 aromatic rings. The fraction of sp³-hybridized carbons (Fsp3) is 0.278. The summed E-state index contributed by atoms with van der Waals surface area (Å²) >= 11 is 0. The molecule has 0 unspecified atom stereocenters. The van der Waals surface area contributed by atoms with Crippen LogP contribution in [-0.2, 0) is 21.3 Å². The Morgan fingerprint density at radius 2 is 1.65 bits per heavy atom. The first-order valence-electron chi connectivity index (χ1n) is 8.03.